The maximum atomic E-state index is 14.0. The standard InChI is InChI=1S/C23H30F5NO3/c1-2-3-4-5-6-7-8-9-10-14-32-23(31)15-12-11-13-29(15)22(30)16-17(24)19(26)21(28)20(27)18(16)25/h15H,2-14H2,1H3. The molecule has 9 heteroatoms. The summed E-state index contributed by atoms with van der Waals surface area (Å²) in [5.74, 6) is -13.3. The fourth-order valence-corrected chi connectivity index (χ4v) is 3.87. The average molecular weight is 463 g/mol. The summed E-state index contributed by atoms with van der Waals surface area (Å²) in [5, 5.41) is 0. The molecule has 0 N–H and O–H groups in total. The van der Waals surface area contributed by atoms with Crippen LogP contribution in [0.4, 0.5) is 22.0 Å². The van der Waals surface area contributed by atoms with Crippen LogP contribution in [0.2, 0.25) is 0 Å². The van der Waals surface area contributed by atoms with E-state index in [9.17, 15) is 31.5 Å². The summed E-state index contributed by atoms with van der Waals surface area (Å²) in [6, 6.07) is -1.11. The maximum absolute atomic E-state index is 14.0. The fourth-order valence-electron chi connectivity index (χ4n) is 3.87. The topological polar surface area (TPSA) is 46.6 Å². The molecule has 180 valence electrons. The van der Waals surface area contributed by atoms with Gasteiger partial charge in [0.15, 0.2) is 23.3 Å². The van der Waals surface area contributed by atoms with Gasteiger partial charge in [0.2, 0.25) is 5.82 Å². The predicted octanol–water partition coefficient (Wildman–Crippen LogP) is 6.06. The Morgan fingerprint density at radius 1 is 0.812 bits per heavy atom. The van der Waals surface area contributed by atoms with Gasteiger partial charge in [-0.3, -0.25) is 4.79 Å². The quantitative estimate of drug-likeness (QED) is 0.124. The van der Waals surface area contributed by atoms with E-state index >= 15 is 0 Å². The molecular formula is C23H30F5NO3. The average Bonchev–Trinajstić information content (AvgIpc) is 3.27. The van der Waals surface area contributed by atoms with Crippen LogP contribution in [-0.2, 0) is 9.53 Å². The van der Waals surface area contributed by atoms with E-state index in [0.29, 0.717) is 12.8 Å². The number of unbranched alkanes of at least 4 members (excludes halogenated alkanes) is 8. The molecule has 32 heavy (non-hydrogen) atoms. The van der Waals surface area contributed by atoms with Crippen LogP contribution < -0.4 is 0 Å². The lowest BCUT2D eigenvalue weighted by atomic mass is 10.1. The molecule has 1 saturated heterocycles. The van der Waals surface area contributed by atoms with Gasteiger partial charge in [-0.1, -0.05) is 58.3 Å². The molecule has 0 bridgehead atoms. The number of hydrogen-bond acceptors (Lipinski definition) is 3. The summed E-state index contributed by atoms with van der Waals surface area (Å²) in [6.07, 6.45) is 10.3. The molecule has 1 atom stereocenters. The van der Waals surface area contributed by atoms with Crippen molar-refractivity contribution in [3.8, 4) is 0 Å². The molecule has 1 aliphatic heterocycles. The van der Waals surface area contributed by atoms with Crippen molar-refractivity contribution in [2.75, 3.05) is 13.2 Å². The minimum Gasteiger partial charge on any atom is -0.464 e. The van der Waals surface area contributed by atoms with Crippen molar-refractivity contribution in [2.45, 2.75) is 83.6 Å². The molecular weight excluding hydrogens is 433 g/mol. The summed E-state index contributed by atoms with van der Waals surface area (Å²) >= 11 is 0. The van der Waals surface area contributed by atoms with E-state index in [1.54, 1.807) is 0 Å². The molecule has 1 heterocycles. The third-order valence-electron chi connectivity index (χ3n) is 5.70. The van der Waals surface area contributed by atoms with Gasteiger partial charge in [0.1, 0.15) is 11.6 Å². The van der Waals surface area contributed by atoms with Crippen LogP contribution in [0.3, 0.4) is 0 Å². The normalized spacial score (nSPS) is 15.9. The number of rotatable bonds is 12. The first-order valence-corrected chi connectivity index (χ1v) is 11.3. The van der Waals surface area contributed by atoms with Crippen molar-refractivity contribution < 1.29 is 36.3 Å². The van der Waals surface area contributed by atoms with Gasteiger partial charge in [-0.25, -0.2) is 26.7 Å². The lowest BCUT2D eigenvalue weighted by Crippen LogP contribution is -2.42. The second-order valence-corrected chi connectivity index (χ2v) is 8.10. The van der Waals surface area contributed by atoms with E-state index in [0.717, 1.165) is 24.2 Å². The molecule has 0 saturated carbocycles. The Bertz CT molecular complexity index is 773. The van der Waals surface area contributed by atoms with Gasteiger partial charge in [0.05, 0.1) is 6.61 Å². The van der Waals surface area contributed by atoms with Crippen LogP contribution in [0.5, 0.6) is 0 Å². The van der Waals surface area contributed by atoms with E-state index in [2.05, 4.69) is 6.92 Å². The largest absolute Gasteiger partial charge is 0.464 e. The molecule has 0 spiro atoms. The highest BCUT2D eigenvalue weighted by Crippen LogP contribution is 2.28. The summed E-state index contributed by atoms with van der Waals surface area (Å²) in [6.45, 7) is 2.27. The molecule has 0 aliphatic carbocycles. The Hall–Kier alpha value is -2.19. The molecule has 0 aromatic heterocycles. The zero-order chi connectivity index (χ0) is 23.7. The van der Waals surface area contributed by atoms with E-state index in [4.69, 9.17) is 4.74 Å². The van der Waals surface area contributed by atoms with Crippen molar-refractivity contribution in [2.24, 2.45) is 0 Å². The van der Waals surface area contributed by atoms with Crippen LogP contribution in [0.25, 0.3) is 0 Å². The molecule has 1 unspecified atom stereocenters. The van der Waals surface area contributed by atoms with Gasteiger partial charge in [0, 0.05) is 6.54 Å². The SMILES string of the molecule is CCCCCCCCCCCOC(=O)C1CCCN1C(=O)c1c(F)c(F)c(F)c(F)c1F. The summed E-state index contributed by atoms with van der Waals surface area (Å²) < 4.78 is 73.3. The monoisotopic (exact) mass is 463 g/mol. The zero-order valence-electron chi connectivity index (χ0n) is 18.3. The molecule has 2 rings (SSSR count). The lowest BCUT2D eigenvalue weighted by Gasteiger charge is -2.24. The first-order valence-electron chi connectivity index (χ1n) is 11.3. The third kappa shape index (κ3) is 6.42. The Kier molecular flexibility index (Phi) is 10.4. The molecule has 0 radical (unpaired) electrons. The molecule has 1 amide bonds. The van der Waals surface area contributed by atoms with E-state index < -0.39 is 52.6 Å². The van der Waals surface area contributed by atoms with Gasteiger partial charge in [-0.05, 0) is 19.3 Å². The Balaban J connectivity index is 1.85. The Labute approximate surface area is 185 Å². The highest BCUT2D eigenvalue weighted by atomic mass is 19.2. The fraction of sp³-hybridized carbons (Fsp3) is 0.652. The second kappa shape index (κ2) is 12.7. The van der Waals surface area contributed by atoms with Gasteiger partial charge in [0.25, 0.3) is 5.91 Å². The van der Waals surface area contributed by atoms with Crippen LogP contribution in [0, 0.1) is 29.1 Å². The number of nitrogens with zero attached hydrogens (tertiary/aromatic N) is 1. The maximum Gasteiger partial charge on any atom is 0.328 e. The number of carbonyl (C=O) groups is 2. The summed E-state index contributed by atoms with van der Waals surface area (Å²) in [5.41, 5.74) is -1.56. The number of carbonyl (C=O) groups excluding carboxylic acids is 2. The first-order chi connectivity index (χ1) is 15.3. The number of likely N-dealkylation sites (tertiary alicyclic amines) is 1. The van der Waals surface area contributed by atoms with Gasteiger partial charge < -0.3 is 9.64 Å². The van der Waals surface area contributed by atoms with Crippen molar-refractivity contribution in [3.05, 3.63) is 34.6 Å². The van der Waals surface area contributed by atoms with E-state index in [-0.39, 0.29) is 19.6 Å². The number of esters is 1. The minimum absolute atomic E-state index is 0.0455. The number of benzene rings is 1. The molecule has 4 nitrogen and oxygen atoms in total. The Morgan fingerprint density at radius 3 is 1.88 bits per heavy atom. The number of amides is 1. The number of hydrogen-bond donors (Lipinski definition) is 0. The van der Waals surface area contributed by atoms with Crippen molar-refractivity contribution in [1.29, 1.82) is 0 Å². The first kappa shape index (κ1) is 26.1. The second-order valence-electron chi connectivity index (χ2n) is 8.10. The van der Waals surface area contributed by atoms with Crippen molar-refractivity contribution >= 4 is 11.9 Å². The molecule has 1 fully saturated rings. The summed E-state index contributed by atoms with van der Waals surface area (Å²) in [4.78, 5) is 25.7. The van der Waals surface area contributed by atoms with Crippen molar-refractivity contribution in [3.63, 3.8) is 0 Å². The van der Waals surface area contributed by atoms with Gasteiger partial charge >= 0.3 is 5.97 Å². The molecule has 1 aromatic rings. The smallest absolute Gasteiger partial charge is 0.328 e. The van der Waals surface area contributed by atoms with Crippen LogP contribution in [0.1, 0.15) is 87.9 Å². The summed E-state index contributed by atoms with van der Waals surface area (Å²) in [7, 11) is 0. The highest BCUT2D eigenvalue weighted by Gasteiger charge is 2.39. The van der Waals surface area contributed by atoms with E-state index in [1.807, 2.05) is 0 Å². The van der Waals surface area contributed by atoms with E-state index in [1.165, 1.54) is 32.1 Å². The predicted molar refractivity (Wildman–Crippen MR) is 108 cm³/mol. The zero-order valence-corrected chi connectivity index (χ0v) is 18.3. The number of ether oxygens (including phenoxy) is 1. The third-order valence-corrected chi connectivity index (χ3v) is 5.70. The van der Waals surface area contributed by atoms with Crippen LogP contribution in [-0.4, -0.2) is 36.0 Å². The Morgan fingerprint density at radius 2 is 1.31 bits per heavy atom. The number of halogens is 5. The van der Waals surface area contributed by atoms with Gasteiger partial charge in [-0.15, -0.1) is 0 Å². The molecule has 1 aliphatic rings. The highest BCUT2D eigenvalue weighted by molar-refractivity contribution is 5.97. The lowest BCUT2D eigenvalue weighted by molar-refractivity contribution is -0.148. The molecule has 1 aromatic carbocycles. The van der Waals surface area contributed by atoms with Gasteiger partial charge in [-0.2, -0.15) is 0 Å². The van der Waals surface area contributed by atoms with Crippen molar-refractivity contribution in [1.82, 2.24) is 4.90 Å². The van der Waals surface area contributed by atoms with Crippen LogP contribution >= 0.6 is 0 Å². The van der Waals surface area contributed by atoms with Crippen LogP contribution in [0.15, 0.2) is 0 Å². The minimum atomic E-state index is -2.34.